The quantitative estimate of drug-likeness (QED) is 0.684. The SMILES string of the molecule is CC(C)(C)C(Cl)C(C)(C)C(=O)O. The van der Waals surface area contributed by atoms with Gasteiger partial charge in [-0.3, -0.25) is 4.79 Å². The molecule has 0 rings (SSSR count). The maximum absolute atomic E-state index is 10.8. The molecule has 0 saturated carbocycles. The third kappa shape index (κ3) is 2.37. The molecular weight excluding hydrogens is 176 g/mol. The van der Waals surface area contributed by atoms with E-state index in [1.807, 2.05) is 20.8 Å². The van der Waals surface area contributed by atoms with Gasteiger partial charge in [-0.05, 0) is 19.3 Å². The molecule has 0 bridgehead atoms. The number of rotatable bonds is 2. The minimum absolute atomic E-state index is 0.191. The lowest BCUT2D eigenvalue weighted by molar-refractivity contribution is -0.148. The highest BCUT2D eigenvalue weighted by Crippen LogP contribution is 2.38. The second kappa shape index (κ2) is 3.25. The smallest absolute Gasteiger partial charge is 0.310 e. The monoisotopic (exact) mass is 192 g/mol. The Balaban J connectivity index is 4.69. The lowest BCUT2D eigenvalue weighted by Crippen LogP contribution is -2.41. The van der Waals surface area contributed by atoms with Gasteiger partial charge in [0.1, 0.15) is 0 Å². The molecule has 0 aliphatic carbocycles. The minimum atomic E-state index is -0.875. The first-order chi connectivity index (χ1) is 5.10. The van der Waals surface area contributed by atoms with Gasteiger partial charge < -0.3 is 5.11 Å². The topological polar surface area (TPSA) is 37.3 Å². The molecule has 0 aromatic rings. The second-order valence-electron chi connectivity index (χ2n) is 4.76. The van der Waals surface area contributed by atoms with E-state index < -0.39 is 11.4 Å². The van der Waals surface area contributed by atoms with Gasteiger partial charge in [0, 0.05) is 0 Å². The van der Waals surface area contributed by atoms with Crippen molar-refractivity contribution in [3.63, 3.8) is 0 Å². The highest BCUT2D eigenvalue weighted by molar-refractivity contribution is 6.22. The molecule has 0 aliphatic rings. The number of carboxylic acid groups (broad SMARTS) is 1. The summed E-state index contributed by atoms with van der Waals surface area (Å²) in [6, 6.07) is 0. The standard InChI is InChI=1S/C9H17ClO2/c1-8(2,3)6(10)9(4,5)7(11)12/h6H,1-5H3,(H,11,12). The van der Waals surface area contributed by atoms with Gasteiger partial charge in [0.25, 0.3) is 0 Å². The molecular formula is C9H17ClO2. The Bertz CT molecular complexity index is 179. The van der Waals surface area contributed by atoms with Crippen LogP contribution in [0.25, 0.3) is 0 Å². The van der Waals surface area contributed by atoms with Crippen molar-refractivity contribution in [3.05, 3.63) is 0 Å². The minimum Gasteiger partial charge on any atom is -0.481 e. The van der Waals surface area contributed by atoms with Crippen LogP contribution in [-0.2, 0) is 4.79 Å². The molecule has 0 spiro atoms. The number of hydrogen-bond acceptors (Lipinski definition) is 1. The van der Waals surface area contributed by atoms with E-state index in [2.05, 4.69) is 0 Å². The van der Waals surface area contributed by atoms with Crippen LogP contribution in [-0.4, -0.2) is 16.5 Å². The Kier molecular flexibility index (Phi) is 3.18. The third-order valence-corrected chi connectivity index (χ3v) is 3.15. The summed E-state index contributed by atoms with van der Waals surface area (Å²) in [6.45, 7) is 9.12. The van der Waals surface area contributed by atoms with E-state index in [9.17, 15) is 4.79 Å². The van der Waals surface area contributed by atoms with Crippen molar-refractivity contribution in [3.8, 4) is 0 Å². The summed E-state index contributed by atoms with van der Waals surface area (Å²) in [7, 11) is 0. The first kappa shape index (κ1) is 11.8. The molecule has 1 N–H and O–H groups in total. The molecule has 0 heterocycles. The van der Waals surface area contributed by atoms with Crippen LogP contribution < -0.4 is 0 Å². The highest BCUT2D eigenvalue weighted by atomic mass is 35.5. The predicted molar refractivity (Wildman–Crippen MR) is 50.5 cm³/mol. The van der Waals surface area contributed by atoms with E-state index in [1.54, 1.807) is 13.8 Å². The first-order valence-electron chi connectivity index (χ1n) is 3.97. The average molecular weight is 193 g/mol. The van der Waals surface area contributed by atoms with Gasteiger partial charge >= 0.3 is 5.97 Å². The van der Waals surface area contributed by atoms with Gasteiger partial charge in [0.15, 0.2) is 0 Å². The van der Waals surface area contributed by atoms with E-state index in [0.717, 1.165) is 0 Å². The van der Waals surface area contributed by atoms with Crippen LogP contribution >= 0.6 is 11.6 Å². The summed E-state index contributed by atoms with van der Waals surface area (Å²) in [6.07, 6.45) is 0. The zero-order valence-corrected chi connectivity index (χ0v) is 9.07. The molecule has 2 nitrogen and oxygen atoms in total. The molecule has 3 heteroatoms. The molecule has 0 saturated heterocycles. The zero-order valence-electron chi connectivity index (χ0n) is 8.31. The Morgan fingerprint density at radius 2 is 1.58 bits per heavy atom. The van der Waals surface area contributed by atoms with Gasteiger partial charge in [0.2, 0.25) is 0 Å². The van der Waals surface area contributed by atoms with Gasteiger partial charge in [0.05, 0.1) is 10.8 Å². The summed E-state index contributed by atoms with van der Waals surface area (Å²) < 4.78 is 0. The number of aliphatic carboxylic acids is 1. The Hall–Kier alpha value is -0.240. The van der Waals surface area contributed by atoms with E-state index in [-0.39, 0.29) is 10.8 Å². The maximum atomic E-state index is 10.8. The lowest BCUT2D eigenvalue weighted by Gasteiger charge is -2.35. The van der Waals surface area contributed by atoms with Crippen LogP contribution in [0, 0.1) is 10.8 Å². The first-order valence-corrected chi connectivity index (χ1v) is 4.41. The third-order valence-electron chi connectivity index (χ3n) is 1.95. The van der Waals surface area contributed by atoms with Gasteiger partial charge in [-0.25, -0.2) is 0 Å². The van der Waals surface area contributed by atoms with E-state index >= 15 is 0 Å². The molecule has 0 aliphatic heterocycles. The molecule has 0 aromatic carbocycles. The van der Waals surface area contributed by atoms with Crippen LogP contribution in [0.4, 0.5) is 0 Å². The van der Waals surface area contributed by atoms with Crippen molar-refractivity contribution in [2.45, 2.75) is 40.0 Å². The summed E-state index contributed by atoms with van der Waals surface area (Å²) >= 11 is 6.06. The number of hydrogen-bond donors (Lipinski definition) is 1. The Morgan fingerprint density at radius 1 is 1.25 bits per heavy atom. The average Bonchev–Trinajstić information content (AvgIpc) is 1.83. The molecule has 1 unspecified atom stereocenters. The normalized spacial score (nSPS) is 15.8. The van der Waals surface area contributed by atoms with Crippen molar-refractivity contribution in [2.75, 3.05) is 0 Å². The number of alkyl halides is 1. The Labute approximate surface area is 78.9 Å². The maximum Gasteiger partial charge on any atom is 0.310 e. The van der Waals surface area contributed by atoms with Crippen LogP contribution in [0.5, 0.6) is 0 Å². The fourth-order valence-corrected chi connectivity index (χ4v) is 1.28. The largest absolute Gasteiger partial charge is 0.481 e. The van der Waals surface area contributed by atoms with Crippen molar-refractivity contribution in [1.29, 1.82) is 0 Å². The van der Waals surface area contributed by atoms with Crippen molar-refractivity contribution < 1.29 is 9.90 Å². The predicted octanol–water partition coefficient (Wildman–Crippen LogP) is 2.75. The molecule has 12 heavy (non-hydrogen) atoms. The van der Waals surface area contributed by atoms with Crippen LogP contribution in [0.2, 0.25) is 0 Å². The van der Waals surface area contributed by atoms with E-state index in [1.165, 1.54) is 0 Å². The van der Waals surface area contributed by atoms with Gasteiger partial charge in [-0.1, -0.05) is 20.8 Å². The fraction of sp³-hybridized carbons (Fsp3) is 0.889. The molecule has 72 valence electrons. The summed E-state index contributed by atoms with van der Waals surface area (Å²) in [5, 5.41) is 8.52. The zero-order chi connectivity index (χ0) is 10.2. The lowest BCUT2D eigenvalue weighted by atomic mass is 9.76. The molecule has 0 amide bonds. The molecule has 0 radical (unpaired) electrons. The van der Waals surface area contributed by atoms with Gasteiger partial charge in [-0.15, -0.1) is 11.6 Å². The summed E-state index contributed by atoms with van der Waals surface area (Å²) in [5.74, 6) is -0.850. The van der Waals surface area contributed by atoms with Crippen LogP contribution in [0.3, 0.4) is 0 Å². The summed E-state index contributed by atoms with van der Waals surface area (Å²) in [5.41, 5.74) is -1.07. The molecule has 1 atom stereocenters. The van der Waals surface area contributed by atoms with Crippen LogP contribution in [0.1, 0.15) is 34.6 Å². The molecule has 0 aromatic heterocycles. The highest BCUT2D eigenvalue weighted by Gasteiger charge is 2.42. The number of carbonyl (C=O) groups is 1. The van der Waals surface area contributed by atoms with Gasteiger partial charge in [-0.2, -0.15) is 0 Å². The number of halogens is 1. The van der Waals surface area contributed by atoms with Crippen molar-refractivity contribution in [1.82, 2.24) is 0 Å². The number of carboxylic acids is 1. The molecule has 0 fully saturated rings. The van der Waals surface area contributed by atoms with Crippen molar-refractivity contribution >= 4 is 17.6 Å². The van der Waals surface area contributed by atoms with Crippen LogP contribution in [0.15, 0.2) is 0 Å². The second-order valence-corrected chi connectivity index (χ2v) is 5.19. The fourth-order valence-electron chi connectivity index (χ4n) is 1.19. The summed E-state index contributed by atoms with van der Waals surface area (Å²) in [4.78, 5) is 10.8. The van der Waals surface area contributed by atoms with E-state index in [4.69, 9.17) is 16.7 Å². The van der Waals surface area contributed by atoms with Crippen molar-refractivity contribution in [2.24, 2.45) is 10.8 Å². The van der Waals surface area contributed by atoms with E-state index in [0.29, 0.717) is 0 Å². The Morgan fingerprint density at radius 3 is 1.67 bits per heavy atom.